The van der Waals surface area contributed by atoms with Gasteiger partial charge in [-0.05, 0) is 31.1 Å². The van der Waals surface area contributed by atoms with Crippen LogP contribution in [-0.2, 0) is 0 Å². The second-order valence-corrected chi connectivity index (χ2v) is 3.87. The summed E-state index contributed by atoms with van der Waals surface area (Å²) < 4.78 is 0. The number of halogens is 1. The van der Waals surface area contributed by atoms with Crippen LogP contribution in [0.5, 0.6) is 0 Å². The SMILES string of the molecule is O=C(NC1=CC=CCC1)c1ccnc(Cl)c1. The highest BCUT2D eigenvalue weighted by Crippen LogP contribution is 2.11. The average Bonchev–Trinajstić information content (AvgIpc) is 2.30. The van der Waals surface area contributed by atoms with E-state index in [-0.39, 0.29) is 5.91 Å². The molecule has 1 aliphatic carbocycles. The van der Waals surface area contributed by atoms with E-state index in [1.54, 1.807) is 12.1 Å². The first-order chi connectivity index (χ1) is 7.75. The largest absolute Gasteiger partial charge is 0.326 e. The lowest BCUT2D eigenvalue weighted by atomic mass is 10.1. The zero-order valence-electron chi connectivity index (χ0n) is 8.61. The molecule has 1 aromatic rings. The maximum Gasteiger partial charge on any atom is 0.255 e. The summed E-state index contributed by atoms with van der Waals surface area (Å²) in [6.07, 6.45) is 9.26. The number of amides is 1. The number of carbonyl (C=O) groups is 1. The normalized spacial score (nSPS) is 14.4. The lowest BCUT2D eigenvalue weighted by Gasteiger charge is -2.10. The van der Waals surface area contributed by atoms with Crippen molar-refractivity contribution in [1.82, 2.24) is 10.3 Å². The Labute approximate surface area is 98.8 Å². The van der Waals surface area contributed by atoms with Crippen molar-refractivity contribution >= 4 is 17.5 Å². The van der Waals surface area contributed by atoms with Crippen LogP contribution in [0.1, 0.15) is 23.2 Å². The van der Waals surface area contributed by atoms with Crippen LogP contribution in [0, 0.1) is 0 Å². The molecule has 1 aromatic heterocycles. The van der Waals surface area contributed by atoms with E-state index in [9.17, 15) is 4.79 Å². The molecule has 3 nitrogen and oxygen atoms in total. The molecule has 0 fully saturated rings. The smallest absolute Gasteiger partial charge is 0.255 e. The third kappa shape index (κ3) is 2.70. The van der Waals surface area contributed by atoms with E-state index >= 15 is 0 Å². The molecule has 0 saturated carbocycles. The second kappa shape index (κ2) is 4.94. The number of hydrogen-bond donors (Lipinski definition) is 1. The predicted octanol–water partition coefficient (Wildman–Crippen LogP) is 2.70. The first-order valence-corrected chi connectivity index (χ1v) is 5.42. The van der Waals surface area contributed by atoms with Crippen LogP contribution < -0.4 is 5.32 Å². The van der Waals surface area contributed by atoms with Crippen molar-refractivity contribution in [2.75, 3.05) is 0 Å². The fourth-order valence-electron chi connectivity index (χ4n) is 1.47. The molecule has 0 atom stereocenters. The molecular weight excluding hydrogens is 224 g/mol. The van der Waals surface area contributed by atoms with Crippen molar-refractivity contribution in [3.05, 3.63) is 53.0 Å². The van der Waals surface area contributed by atoms with E-state index in [0.29, 0.717) is 10.7 Å². The minimum Gasteiger partial charge on any atom is -0.326 e. The van der Waals surface area contributed by atoms with Crippen LogP contribution in [0.25, 0.3) is 0 Å². The lowest BCUT2D eigenvalue weighted by molar-refractivity contribution is 0.0964. The van der Waals surface area contributed by atoms with E-state index in [4.69, 9.17) is 11.6 Å². The number of aromatic nitrogens is 1. The Kier molecular flexibility index (Phi) is 3.37. The molecular formula is C12H11ClN2O. The van der Waals surface area contributed by atoms with Gasteiger partial charge in [0.1, 0.15) is 5.15 Å². The van der Waals surface area contributed by atoms with Gasteiger partial charge >= 0.3 is 0 Å². The first kappa shape index (κ1) is 10.9. The van der Waals surface area contributed by atoms with Crippen molar-refractivity contribution in [2.24, 2.45) is 0 Å². The van der Waals surface area contributed by atoms with E-state index in [1.807, 2.05) is 12.2 Å². The second-order valence-electron chi connectivity index (χ2n) is 3.48. The number of nitrogens with zero attached hydrogens (tertiary/aromatic N) is 1. The summed E-state index contributed by atoms with van der Waals surface area (Å²) in [5.74, 6) is -0.147. The van der Waals surface area contributed by atoms with Crippen LogP contribution in [-0.4, -0.2) is 10.9 Å². The monoisotopic (exact) mass is 234 g/mol. The van der Waals surface area contributed by atoms with Gasteiger partial charge in [-0.3, -0.25) is 4.79 Å². The number of pyridine rings is 1. The van der Waals surface area contributed by atoms with Crippen molar-refractivity contribution < 1.29 is 4.79 Å². The van der Waals surface area contributed by atoms with Crippen molar-refractivity contribution in [1.29, 1.82) is 0 Å². The van der Waals surface area contributed by atoms with Crippen LogP contribution in [0.4, 0.5) is 0 Å². The molecule has 4 heteroatoms. The number of carbonyl (C=O) groups excluding carboxylic acids is 1. The highest BCUT2D eigenvalue weighted by Gasteiger charge is 2.08. The molecule has 0 bridgehead atoms. The molecule has 0 unspecified atom stereocenters. The molecule has 0 saturated heterocycles. The van der Waals surface area contributed by atoms with Crippen LogP contribution in [0.3, 0.4) is 0 Å². The molecule has 0 radical (unpaired) electrons. The van der Waals surface area contributed by atoms with E-state index < -0.39 is 0 Å². The van der Waals surface area contributed by atoms with Gasteiger partial charge in [0.25, 0.3) is 5.91 Å². The van der Waals surface area contributed by atoms with Gasteiger partial charge in [-0.2, -0.15) is 0 Å². The van der Waals surface area contributed by atoms with E-state index in [1.165, 1.54) is 6.20 Å². The molecule has 0 aromatic carbocycles. The van der Waals surface area contributed by atoms with Gasteiger partial charge in [-0.25, -0.2) is 4.98 Å². The summed E-state index contributed by atoms with van der Waals surface area (Å²) in [4.78, 5) is 15.6. The highest BCUT2D eigenvalue weighted by molar-refractivity contribution is 6.29. The van der Waals surface area contributed by atoms with Gasteiger partial charge in [-0.1, -0.05) is 23.8 Å². The number of hydrogen-bond acceptors (Lipinski definition) is 2. The number of nitrogens with one attached hydrogen (secondary N) is 1. The molecule has 1 amide bonds. The molecule has 2 rings (SSSR count). The molecule has 82 valence electrons. The molecule has 16 heavy (non-hydrogen) atoms. The Morgan fingerprint density at radius 3 is 3.06 bits per heavy atom. The zero-order chi connectivity index (χ0) is 11.4. The molecule has 1 aliphatic rings. The average molecular weight is 235 g/mol. The van der Waals surface area contributed by atoms with E-state index in [2.05, 4.69) is 16.4 Å². The predicted molar refractivity (Wildman–Crippen MR) is 63.2 cm³/mol. The quantitative estimate of drug-likeness (QED) is 0.800. The van der Waals surface area contributed by atoms with E-state index in [0.717, 1.165) is 18.5 Å². The number of allylic oxidation sites excluding steroid dienone is 4. The molecule has 0 spiro atoms. The zero-order valence-corrected chi connectivity index (χ0v) is 9.37. The highest BCUT2D eigenvalue weighted by atomic mass is 35.5. The summed E-state index contributed by atoms with van der Waals surface area (Å²) in [5.41, 5.74) is 1.45. The molecule has 1 N–H and O–H groups in total. The van der Waals surface area contributed by atoms with Crippen LogP contribution in [0.15, 0.2) is 42.3 Å². The van der Waals surface area contributed by atoms with Gasteiger partial charge in [0, 0.05) is 17.5 Å². The third-order valence-electron chi connectivity index (χ3n) is 2.28. The Balaban J connectivity index is 2.08. The molecule has 0 aliphatic heterocycles. The number of rotatable bonds is 2. The van der Waals surface area contributed by atoms with Crippen LogP contribution in [0.2, 0.25) is 5.15 Å². The summed E-state index contributed by atoms with van der Waals surface area (Å²) in [5, 5.41) is 3.17. The Morgan fingerprint density at radius 1 is 1.50 bits per heavy atom. The topological polar surface area (TPSA) is 42.0 Å². The Morgan fingerprint density at radius 2 is 2.38 bits per heavy atom. The third-order valence-corrected chi connectivity index (χ3v) is 2.48. The lowest BCUT2D eigenvalue weighted by Crippen LogP contribution is -2.23. The maximum absolute atomic E-state index is 11.8. The maximum atomic E-state index is 11.8. The summed E-state index contributed by atoms with van der Waals surface area (Å²) in [6.45, 7) is 0. The molecule has 1 heterocycles. The standard InChI is InChI=1S/C12H11ClN2O/c13-11-8-9(6-7-14-11)12(16)15-10-4-2-1-3-5-10/h1-2,4,6-8H,3,5H2,(H,15,16). The van der Waals surface area contributed by atoms with Gasteiger partial charge in [0.05, 0.1) is 0 Å². The van der Waals surface area contributed by atoms with Gasteiger partial charge in [-0.15, -0.1) is 0 Å². The summed E-state index contributed by atoms with van der Waals surface area (Å²) in [6, 6.07) is 3.19. The first-order valence-electron chi connectivity index (χ1n) is 5.04. The van der Waals surface area contributed by atoms with Crippen LogP contribution >= 0.6 is 11.6 Å². The minimum absolute atomic E-state index is 0.147. The summed E-state index contributed by atoms with van der Waals surface area (Å²) >= 11 is 5.71. The van der Waals surface area contributed by atoms with Crippen molar-refractivity contribution in [2.45, 2.75) is 12.8 Å². The van der Waals surface area contributed by atoms with Gasteiger partial charge < -0.3 is 5.32 Å². The fraction of sp³-hybridized carbons (Fsp3) is 0.167. The van der Waals surface area contributed by atoms with Crippen molar-refractivity contribution in [3.8, 4) is 0 Å². The summed E-state index contributed by atoms with van der Waals surface area (Å²) in [7, 11) is 0. The Bertz CT molecular complexity index is 466. The van der Waals surface area contributed by atoms with Gasteiger partial charge in [0.15, 0.2) is 0 Å². The van der Waals surface area contributed by atoms with Gasteiger partial charge in [0.2, 0.25) is 0 Å². The fourth-order valence-corrected chi connectivity index (χ4v) is 1.64. The van der Waals surface area contributed by atoms with Crippen molar-refractivity contribution in [3.63, 3.8) is 0 Å². The minimum atomic E-state index is -0.147. The Hall–Kier alpha value is -1.61.